The van der Waals surface area contributed by atoms with E-state index in [1.807, 2.05) is 0 Å². The van der Waals surface area contributed by atoms with Gasteiger partial charge < -0.3 is 21.0 Å². The third-order valence-corrected chi connectivity index (χ3v) is 5.71. The minimum atomic E-state index is -1.05. The number of benzene rings is 2. The molecule has 1 aliphatic heterocycles. The fraction of sp³-hybridized carbons (Fsp3) is 0.238. The molecule has 2 aromatic carbocycles. The van der Waals surface area contributed by atoms with Gasteiger partial charge in [-0.15, -0.1) is 0 Å². The number of hydrogen-bond donors (Lipinski definition) is 4. The van der Waals surface area contributed by atoms with Crippen molar-refractivity contribution in [3.05, 3.63) is 59.2 Å². The van der Waals surface area contributed by atoms with E-state index in [9.17, 15) is 14.7 Å². The summed E-state index contributed by atoms with van der Waals surface area (Å²) < 4.78 is 8.32. The predicted octanol–water partition coefficient (Wildman–Crippen LogP) is 1.84. The van der Waals surface area contributed by atoms with Crippen LogP contribution in [0.25, 0.3) is 11.0 Å². The summed E-state index contributed by atoms with van der Waals surface area (Å²) in [6, 6.07) is 12.2. The van der Waals surface area contributed by atoms with Gasteiger partial charge in [0, 0.05) is 18.5 Å². The van der Waals surface area contributed by atoms with E-state index in [1.54, 1.807) is 42.5 Å². The van der Waals surface area contributed by atoms with Gasteiger partial charge in [-0.1, -0.05) is 41.6 Å². The molecule has 0 radical (unpaired) electrons. The Hall–Kier alpha value is -3.86. The van der Waals surface area contributed by atoms with Crippen molar-refractivity contribution >= 4 is 46.2 Å². The van der Waals surface area contributed by atoms with E-state index in [4.69, 9.17) is 16.0 Å². The number of oxime groups is 1. The lowest BCUT2D eigenvalue weighted by molar-refractivity contribution is -0.138. The van der Waals surface area contributed by atoms with Gasteiger partial charge >= 0.3 is 5.97 Å². The number of hydrogen-bond acceptors (Lipinski definition) is 8. The lowest BCUT2D eigenvalue weighted by Gasteiger charge is -2.15. The van der Waals surface area contributed by atoms with Gasteiger partial charge in [0.05, 0.1) is 23.9 Å². The van der Waals surface area contributed by atoms with Crippen LogP contribution in [0.3, 0.4) is 0 Å². The molecule has 0 aliphatic carbocycles. The van der Waals surface area contributed by atoms with Crippen LogP contribution in [-0.4, -0.2) is 49.9 Å². The molecule has 0 saturated carbocycles. The summed E-state index contributed by atoms with van der Waals surface area (Å²) in [5.74, 6) is -2.34. The second-order valence-electron chi connectivity index (χ2n) is 7.34. The Bertz CT molecular complexity index is 1210. The highest BCUT2D eigenvalue weighted by molar-refractivity contribution is 7.00. The van der Waals surface area contributed by atoms with Gasteiger partial charge in [0.15, 0.2) is 0 Å². The number of aliphatic carboxylic acids is 1. The first-order valence-corrected chi connectivity index (χ1v) is 10.5. The van der Waals surface area contributed by atoms with Crippen molar-refractivity contribution in [1.82, 2.24) is 14.1 Å². The fourth-order valence-electron chi connectivity index (χ4n) is 3.48. The molecule has 3 aromatic rings. The maximum Gasteiger partial charge on any atom is 0.312 e. The molecule has 1 amide bonds. The molecular formula is C21H20N6O4S. The number of aromatic nitrogens is 2. The Morgan fingerprint density at radius 1 is 1.25 bits per heavy atom. The molecule has 4 rings (SSSR count). The van der Waals surface area contributed by atoms with Crippen LogP contribution in [0.5, 0.6) is 0 Å². The minimum absolute atomic E-state index is 0.0161. The molecule has 2 atom stereocenters. The molecule has 0 bridgehead atoms. The molecule has 2 heterocycles. The number of nitrogens with zero attached hydrogens (tertiary/aromatic N) is 3. The van der Waals surface area contributed by atoms with E-state index in [-0.39, 0.29) is 24.7 Å². The standard InChI is InChI=1S/C21H20N6O4S/c22-20(23)12-6-4-11(5-7-12)17-8-13(31-25-17)9-18(28)24-10-15(21(29)30)14-2-1-3-16-19(14)27-32-26-16/h1-7,13,15H,8-10H2,(H3,22,23)(H,24,28)(H,29,30)/t13?,15-/m0/s1. The van der Waals surface area contributed by atoms with Crippen molar-refractivity contribution in [2.24, 2.45) is 10.9 Å². The van der Waals surface area contributed by atoms with E-state index in [0.29, 0.717) is 34.3 Å². The number of amides is 1. The zero-order chi connectivity index (χ0) is 22.7. The zero-order valence-corrected chi connectivity index (χ0v) is 17.6. The Labute approximate surface area is 186 Å². The number of nitrogens with two attached hydrogens (primary N) is 1. The van der Waals surface area contributed by atoms with Crippen molar-refractivity contribution in [1.29, 1.82) is 5.41 Å². The second-order valence-corrected chi connectivity index (χ2v) is 7.87. The summed E-state index contributed by atoms with van der Waals surface area (Å²) >= 11 is 1.02. The van der Waals surface area contributed by atoms with Crippen LogP contribution in [0.2, 0.25) is 0 Å². The largest absolute Gasteiger partial charge is 0.481 e. The highest BCUT2D eigenvalue weighted by Crippen LogP contribution is 2.25. The molecule has 10 nitrogen and oxygen atoms in total. The van der Waals surface area contributed by atoms with Gasteiger partial charge in [-0.25, -0.2) is 0 Å². The third-order valence-electron chi connectivity index (χ3n) is 5.17. The van der Waals surface area contributed by atoms with E-state index in [2.05, 4.69) is 19.2 Å². The van der Waals surface area contributed by atoms with Crippen molar-refractivity contribution in [2.75, 3.05) is 6.54 Å². The lowest BCUT2D eigenvalue weighted by Crippen LogP contribution is -2.33. The Kier molecular flexibility index (Phi) is 6.08. The van der Waals surface area contributed by atoms with Crippen molar-refractivity contribution in [3.63, 3.8) is 0 Å². The molecular weight excluding hydrogens is 432 g/mol. The maximum atomic E-state index is 12.4. The summed E-state index contributed by atoms with van der Waals surface area (Å²) in [5.41, 5.74) is 9.28. The monoisotopic (exact) mass is 452 g/mol. The second kappa shape index (κ2) is 9.10. The van der Waals surface area contributed by atoms with Crippen molar-refractivity contribution in [2.45, 2.75) is 24.9 Å². The van der Waals surface area contributed by atoms with Gasteiger partial charge in [0.25, 0.3) is 0 Å². The number of carboxylic acid groups (broad SMARTS) is 1. The Balaban J connectivity index is 1.33. The minimum Gasteiger partial charge on any atom is -0.481 e. The number of fused-ring (bicyclic) bond motifs is 1. The number of nitrogens with one attached hydrogen (secondary N) is 2. The molecule has 0 spiro atoms. The fourth-order valence-corrected chi connectivity index (χ4v) is 4.04. The molecule has 164 valence electrons. The number of amidine groups is 1. The van der Waals surface area contributed by atoms with Gasteiger partial charge in [0.2, 0.25) is 5.91 Å². The van der Waals surface area contributed by atoms with E-state index >= 15 is 0 Å². The quantitative estimate of drug-likeness (QED) is 0.299. The Morgan fingerprint density at radius 3 is 2.75 bits per heavy atom. The van der Waals surface area contributed by atoms with Crippen molar-refractivity contribution < 1.29 is 19.5 Å². The van der Waals surface area contributed by atoms with Gasteiger partial charge in [-0.05, 0) is 17.2 Å². The van der Waals surface area contributed by atoms with Crippen molar-refractivity contribution in [3.8, 4) is 0 Å². The van der Waals surface area contributed by atoms with E-state index < -0.39 is 18.0 Å². The molecule has 1 aliphatic rings. The van der Waals surface area contributed by atoms with Crippen LogP contribution in [0, 0.1) is 5.41 Å². The van der Waals surface area contributed by atoms with Gasteiger partial charge in [-0.2, -0.15) is 8.75 Å². The van der Waals surface area contributed by atoms with Crippen LogP contribution in [0.15, 0.2) is 47.6 Å². The lowest BCUT2D eigenvalue weighted by atomic mass is 9.97. The van der Waals surface area contributed by atoms with Crippen LogP contribution in [0.1, 0.15) is 35.4 Å². The molecule has 5 N–H and O–H groups in total. The van der Waals surface area contributed by atoms with Crippen LogP contribution in [-0.2, 0) is 14.4 Å². The average molecular weight is 452 g/mol. The third kappa shape index (κ3) is 4.57. The smallest absolute Gasteiger partial charge is 0.312 e. The molecule has 11 heteroatoms. The number of rotatable bonds is 8. The molecule has 0 saturated heterocycles. The highest BCUT2D eigenvalue weighted by Gasteiger charge is 2.27. The molecule has 32 heavy (non-hydrogen) atoms. The topological polar surface area (TPSA) is 164 Å². The Morgan fingerprint density at radius 2 is 2.03 bits per heavy atom. The van der Waals surface area contributed by atoms with Crippen LogP contribution < -0.4 is 11.1 Å². The molecule has 1 unspecified atom stereocenters. The SMILES string of the molecule is N=C(N)c1ccc(C2=NOC(CC(=O)NC[C@H](C(=O)O)c3cccc4nsnc34)C2)cc1. The van der Waals surface area contributed by atoms with Gasteiger partial charge in [-0.3, -0.25) is 15.0 Å². The van der Waals surface area contributed by atoms with Crippen LogP contribution >= 0.6 is 11.7 Å². The number of carbonyl (C=O) groups excluding carboxylic acids is 1. The summed E-state index contributed by atoms with van der Waals surface area (Å²) in [5, 5.41) is 23.9. The predicted molar refractivity (Wildman–Crippen MR) is 119 cm³/mol. The molecule has 0 fully saturated rings. The number of carbonyl (C=O) groups is 2. The number of carboxylic acids is 1. The van der Waals surface area contributed by atoms with Gasteiger partial charge in [0.1, 0.15) is 28.9 Å². The number of nitrogen functional groups attached to an aromatic ring is 1. The normalized spacial score (nSPS) is 16.2. The average Bonchev–Trinajstić information content (AvgIpc) is 3.43. The van der Waals surface area contributed by atoms with E-state index in [1.165, 1.54) is 0 Å². The first-order chi connectivity index (χ1) is 15.4. The van der Waals surface area contributed by atoms with Crippen LogP contribution in [0.4, 0.5) is 0 Å². The first kappa shape index (κ1) is 21.4. The summed E-state index contributed by atoms with van der Waals surface area (Å²) in [6.07, 6.45) is 0.0544. The summed E-state index contributed by atoms with van der Waals surface area (Å²) in [4.78, 5) is 29.6. The van der Waals surface area contributed by atoms with E-state index in [0.717, 1.165) is 17.3 Å². The molecule has 1 aromatic heterocycles. The highest BCUT2D eigenvalue weighted by atomic mass is 32.1. The summed E-state index contributed by atoms with van der Waals surface area (Å²) in [7, 11) is 0. The summed E-state index contributed by atoms with van der Waals surface area (Å²) in [6.45, 7) is -0.0717. The zero-order valence-electron chi connectivity index (χ0n) is 16.8. The maximum absolute atomic E-state index is 12.4. The first-order valence-electron chi connectivity index (χ1n) is 9.80.